The molecule has 1 unspecified atom stereocenters. The Kier molecular flexibility index (Phi) is 5.43. The summed E-state index contributed by atoms with van der Waals surface area (Å²) < 4.78 is 0. The lowest BCUT2D eigenvalue weighted by atomic mass is 10.1. The van der Waals surface area contributed by atoms with E-state index in [4.69, 9.17) is 0 Å². The zero-order valence-electron chi connectivity index (χ0n) is 14.3. The number of carbonyl (C=O) groups is 2. The molecule has 6 nitrogen and oxygen atoms in total. The number of carbonyl (C=O) groups excluding carboxylic acids is 2. The van der Waals surface area contributed by atoms with Gasteiger partial charge in [-0.25, -0.2) is 9.78 Å². The maximum Gasteiger partial charge on any atom is 0.321 e. The Morgan fingerprint density at radius 3 is 2.72 bits per heavy atom. The van der Waals surface area contributed by atoms with Crippen LogP contribution in [0.1, 0.15) is 36.7 Å². The third-order valence-electron chi connectivity index (χ3n) is 3.99. The Labute approximate surface area is 151 Å². The lowest BCUT2D eigenvalue weighted by molar-refractivity contribution is -0.119. The minimum atomic E-state index is -0.417. The summed E-state index contributed by atoms with van der Waals surface area (Å²) >= 11 is 1.32. The van der Waals surface area contributed by atoms with Gasteiger partial charge in [0.1, 0.15) is 0 Å². The predicted octanol–water partition coefficient (Wildman–Crippen LogP) is 2.78. The molecule has 1 fully saturated rings. The van der Waals surface area contributed by atoms with Crippen LogP contribution in [0.3, 0.4) is 0 Å². The summed E-state index contributed by atoms with van der Waals surface area (Å²) in [5.74, 6) is -0.318. The smallest absolute Gasteiger partial charge is 0.321 e. The van der Waals surface area contributed by atoms with Gasteiger partial charge in [0.25, 0.3) is 0 Å². The van der Waals surface area contributed by atoms with Crippen LogP contribution < -0.4 is 10.6 Å². The molecule has 0 spiro atoms. The number of thioether (sulfide) groups is 1. The molecule has 25 heavy (non-hydrogen) atoms. The summed E-state index contributed by atoms with van der Waals surface area (Å²) in [6.45, 7) is 3.74. The van der Waals surface area contributed by atoms with Crippen LogP contribution in [0.4, 0.5) is 4.79 Å². The van der Waals surface area contributed by atoms with Crippen molar-refractivity contribution >= 4 is 23.7 Å². The topological polar surface area (TPSA) is 86.9 Å². The molecule has 0 aliphatic heterocycles. The summed E-state index contributed by atoms with van der Waals surface area (Å²) in [5.41, 5.74) is 3.15. The van der Waals surface area contributed by atoms with Crippen molar-refractivity contribution in [3.8, 4) is 0 Å². The van der Waals surface area contributed by atoms with Crippen LogP contribution in [0.25, 0.3) is 0 Å². The normalized spacial score (nSPS) is 14.8. The number of hydrogen-bond acceptors (Lipinski definition) is 4. The molecule has 1 aliphatic carbocycles. The summed E-state index contributed by atoms with van der Waals surface area (Å²) in [4.78, 5) is 31.6. The van der Waals surface area contributed by atoms with Gasteiger partial charge in [0.15, 0.2) is 5.16 Å². The molecule has 3 amide bonds. The van der Waals surface area contributed by atoms with Gasteiger partial charge in [-0.05, 0) is 32.3 Å². The highest BCUT2D eigenvalue weighted by atomic mass is 32.2. The highest BCUT2D eigenvalue weighted by Crippen LogP contribution is 2.23. The van der Waals surface area contributed by atoms with Gasteiger partial charge in [-0.1, -0.05) is 42.1 Å². The van der Waals surface area contributed by atoms with Crippen molar-refractivity contribution in [1.29, 1.82) is 0 Å². The number of rotatable bonds is 6. The van der Waals surface area contributed by atoms with E-state index in [9.17, 15) is 9.59 Å². The number of benzene rings is 1. The average Bonchev–Trinajstić information content (AvgIpc) is 3.32. The van der Waals surface area contributed by atoms with Crippen molar-refractivity contribution in [3.05, 3.63) is 47.3 Å². The second-order valence-corrected chi connectivity index (χ2v) is 7.60. The lowest BCUT2D eigenvalue weighted by Crippen LogP contribution is -2.43. The molecule has 0 radical (unpaired) electrons. The molecule has 0 bridgehead atoms. The first-order valence-corrected chi connectivity index (χ1v) is 9.26. The van der Waals surface area contributed by atoms with Gasteiger partial charge in [0.05, 0.1) is 10.9 Å². The molecule has 1 aromatic heterocycles. The number of aryl methyl sites for hydroxylation is 1. The largest absolute Gasteiger partial charge is 0.337 e. The Morgan fingerprint density at radius 1 is 1.32 bits per heavy atom. The highest BCUT2D eigenvalue weighted by Gasteiger charge is 2.25. The first-order chi connectivity index (χ1) is 12.0. The number of imide groups is 1. The molecule has 7 heteroatoms. The fourth-order valence-electron chi connectivity index (χ4n) is 2.37. The monoisotopic (exact) mass is 358 g/mol. The van der Waals surface area contributed by atoms with Crippen molar-refractivity contribution in [3.63, 3.8) is 0 Å². The molecule has 132 valence electrons. The average molecular weight is 358 g/mol. The quantitative estimate of drug-likeness (QED) is 0.693. The Morgan fingerprint density at radius 2 is 2.04 bits per heavy atom. The number of urea groups is 1. The second kappa shape index (κ2) is 7.74. The van der Waals surface area contributed by atoms with Gasteiger partial charge >= 0.3 is 6.03 Å². The van der Waals surface area contributed by atoms with E-state index in [0.717, 1.165) is 30.7 Å². The van der Waals surface area contributed by atoms with E-state index in [1.165, 1.54) is 17.3 Å². The van der Waals surface area contributed by atoms with Gasteiger partial charge in [-0.15, -0.1) is 0 Å². The predicted molar refractivity (Wildman–Crippen MR) is 97.6 cm³/mol. The number of imidazole rings is 1. The molecule has 1 aromatic carbocycles. The molecular formula is C18H22N4O2S. The van der Waals surface area contributed by atoms with Crippen molar-refractivity contribution < 1.29 is 9.59 Å². The third kappa shape index (κ3) is 5.09. The maximum atomic E-state index is 12.1. The molecule has 0 saturated heterocycles. The summed E-state index contributed by atoms with van der Waals surface area (Å²) in [7, 11) is 0. The minimum Gasteiger partial charge on any atom is -0.337 e. The Bertz CT molecular complexity index is 756. The van der Waals surface area contributed by atoms with Crippen LogP contribution in [0.15, 0.2) is 35.5 Å². The van der Waals surface area contributed by atoms with E-state index >= 15 is 0 Å². The highest BCUT2D eigenvalue weighted by molar-refractivity contribution is 8.00. The molecule has 3 N–H and O–H groups in total. The van der Waals surface area contributed by atoms with Crippen LogP contribution in [0.2, 0.25) is 0 Å². The molecule has 1 saturated carbocycles. The number of nitrogens with zero attached hydrogens (tertiary/aromatic N) is 1. The van der Waals surface area contributed by atoms with Crippen molar-refractivity contribution in [1.82, 2.24) is 20.6 Å². The summed E-state index contributed by atoms with van der Waals surface area (Å²) in [6, 6.07) is 9.94. The van der Waals surface area contributed by atoms with Crippen molar-refractivity contribution in [2.75, 3.05) is 0 Å². The molecular weight excluding hydrogens is 336 g/mol. The summed E-state index contributed by atoms with van der Waals surface area (Å²) in [6.07, 6.45) is 2.72. The third-order valence-corrected chi connectivity index (χ3v) is 4.97. The number of nitrogens with one attached hydrogen (secondary N) is 3. The van der Waals surface area contributed by atoms with Crippen LogP contribution in [0.5, 0.6) is 0 Å². The molecule has 1 aliphatic rings. The van der Waals surface area contributed by atoms with Gasteiger partial charge in [0, 0.05) is 18.2 Å². The molecule has 3 rings (SSSR count). The number of aromatic nitrogens is 2. The van der Waals surface area contributed by atoms with Gasteiger partial charge < -0.3 is 10.3 Å². The fourth-order valence-corrected chi connectivity index (χ4v) is 3.24. The Balaban J connectivity index is 1.55. The molecule has 1 heterocycles. The first kappa shape index (κ1) is 17.5. The van der Waals surface area contributed by atoms with E-state index in [2.05, 4.69) is 32.7 Å². The van der Waals surface area contributed by atoms with Gasteiger partial charge in [-0.3, -0.25) is 10.1 Å². The van der Waals surface area contributed by atoms with Crippen molar-refractivity contribution in [2.45, 2.75) is 49.6 Å². The van der Waals surface area contributed by atoms with E-state index < -0.39 is 11.3 Å². The number of H-pyrrole nitrogens is 1. The van der Waals surface area contributed by atoms with Gasteiger partial charge in [0.2, 0.25) is 5.91 Å². The van der Waals surface area contributed by atoms with E-state index in [1.54, 1.807) is 6.92 Å². The zero-order valence-corrected chi connectivity index (χ0v) is 15.2. The standard InChI is InChI=1S/C18H22N4O2S/c1-11-15(10-13-6-4-3-5-7-13)21-18(19-11)25-12(2)16(23)22-17(24)20-14-8-9-14/h3-7,12,14H,8-10H2,1-2H3,(H,19,21)(H2,20,22,23,24). The van der Waals surface area contributed by atoms with E-state index in [0.29, 0.717) is 5.16 Å². The van der Waals surface area contributed by atoms with Crippen molar-refractivity contribution in [2.24, 2.45) is 0 Å². The van der Waals surface area contributed by atoms with E-state index in [1.807, 2.05) is 25.1 Å². The second-order valence-electron chi connectivity index (χ2n) is 6.27. The van der Waals surface area contributed by atoms with Crippen LogP contribution in [0, 0.1) is 6.92 Å². The number of hydrogen-bond donors (Lipinski definition) is 3. The Hall–Kier alpha value is -2.28. The summed E-state index contributed by atoms with van der Waals surface area (Å²) in [5, 5.41) is 5.39. The lowest BCUT2D eigenvalue weighted by Gasteiger charge is -2.10. The zero-order chi connectivity index (χ0) is 17.8. The minimum absolute atomic E-state index is 0.226. The van der Waals surface area contributed by atoms with Crippen LogP contribution in [-0.2, 0) is 11.2 Å². The maximum absolute atomic E-state index is 12.1. The van der Waals surface area contributed by atoms with E-state index in [-0.39, 0.29) is 11.9 Å². The molecule has 2 aromatic rings. The number of aromatic amines is 1. The SMILES string of the molecule is Cc1[nH]c(SC(C)C(=O)NC(=O)NC2CC2)nc1Cc1ccccc1. The van der Waals surface area contributed by atoms with Crippen LogP contribution >= 0.6 is 11.8 Å². The fraction of sp³-hybridized carbons (Fsp3) is 0.389. The van der Waals surface area contributed by atoms with Gasteiger partial charge in [-0.2, -0.15) is 0 Å². The van der Waals surface area contributed by atoms with Crippen LogP contribution in [-0.4, -0.2) is 33.2 Å². The molecule has 1 atom stereocenters. The number of amides is 3. The first-order valence-electron chi connectivity index (χ1n) is 8.38.